The number of rotatable bonds is 7. The number of amides is 2. The van der Waals surface area contributed by atoms with E-state index in [1.54, 1.807) is 29.7 Å². The summed E-state index contributed by atoms with van der Waals surface area (Å²) in [6.45, 7) is 15.1. The topological polar surface area (TPSA) is 198 Å². The van der Waals surface area contributed by atoms with Gasteiger partial charge in [-0.1, -0.05) is 20.8 Å². The molecule has 16 nitrogen and oxygen atoms in total. The summed E-state index contributed by atoms with van der Waals surface area (Å²) in [5.41, 5.74) is 2.76. The SMILES string of the molecule is CC(C)(C)[C@@H](NC(=O)c1c[nH]c2ncc(-c3cnn(C4CC4)c3)nc12)C(=O)N1CCC(C#N)CC1.CC1(C)OB(c2cnn(C3CC3)c2)OC1(C)C.Ic1cn[nH]c1. The number of aromatic amines is 2. The van der Waals surface area contributed by atoms with Crippen LogP contribution < -0.4 is 10.8 Å². The molecule has 5 aromatic heterocycles. The molecule has 4 aliphatic rings. The van der Waals surface area contributed by atoms with Gasteiger partial charge in [-0.2, -0.15) is 20.6 Å². The second kappa shape index (κ2) is 16.6. The highest BCUT2D eigenvalue weighted by atomic mass is 127. The maximum Gasteiger partial charge on any atom is 0.498 e. The molecule has 0 bridgehead atoms. The van der Waals surface area contributed by atoms with Crippen LogP contribution in [-0.2, 0) is 14.1 Å². The second-order valence-corrected chi connectivity index (χ2v) is 18.8. The highest BCUT2D eigenvalue weighted by molar-refractivity contribution is 14.1. The predicted molar refractivity (Wildman–Crippen MR) is 227 cm³/mol. The maximum atomic E-state index is 13.4. The van der Waals surface area contributed by atoms with Gasteiger partial charge in [-0.05, 0) is 94.2 Å². The summed E-state index contributed by atoms with van der Waals surface area (Å²) in [6.07, 6.45) is 20.6. The number of nitrogens with zero attached hydrogens (tertiary/aromatic N) is 9. The van der Waals surface area contributed by atoms with Crippen molar-refractivity contribution in [1.82, 2.24) is 54.9 Å². The fourth-order valence-corrected chi connectivity index (χ4v) is 6.99. The minimum Gasteiger partial charge on any atom is -0.399 e. The standard InChI is InChI=1S/C25H30N8O2.C12H19BN2O2.C3H3IN2/c1-25(2,3)21(24(35)32-8-6-15(10-26)7-9-32)31-23(34)18-12-27-22-20(18)30-19(13-28-22)16-11-29-33(14-16)17-4-5-17;1-11(2)12(3,4)17-13(16-11)9-7-14-15(8-9)10-5-6-10;4-3-1-5-6-2-3/h11-15,17,21H,4-9H2,1-3H3,(H,27,28)(H,31,34);7-8,10H,5-6H2,1-4H3;1-2H,(H,5,6)/t21-;;/m0../s1. The Bertz CT molecular complexity index is 2240. The molecule has 9 rings (SSSR count). The molecular formula is C40H52BIN12O4. The van der Waals surface area contributed by atoms with Gasteiger partial charge in [0.05, 0.1) is 62.8 Å². The molecule has 2 aliphatic heterocycles. The van der Waals surface area contributed by atoms with Crippen molar-refractivity contribution in [1.29, 1.82) is 5.26 Å². The first-order chi connectivity index (χ1) is 27.5. The minimum absolute atomic E-state index is 0.0166. The number of piperidine rings is 1. The van der Waals surface area contributed by atoms with Gasteiger partial charge in [0.2, 0.25) is 5.91 Å². The van der Waals surface area contributed by atoms with Crippen molar-refractivity contribution in [2.45, 2.75) is 116 Å². The molecule has 7 heterocycles. The normalized spacial score (nSPS) is 19.4. The summed E-state index contributed by atoms with van der Waals surface area (Å²) in [5, 5.41) is 27.3. The quantitative estimate of drug-likeness (QED) is 0.137. The molecular weight excluding hydrogens is 850 g/mol. The van der Waals surface area contributed by atoms with Crippen LogP contribution in [0.2, 0.25) is 0 Å². The molecule has 18 heteroatoms. The zero-order valence-corrected chi connectivity index (χ0v) is 36.4. The fourth-order valence-electron chi connectivity index (χ4n) is 6.71. The number of hydrogen-bond acceptors (Lipinski definition) is 10. The molecule has 306 valence electrons. The number of carbonyl (C=O) groups is 2. The number of nitrogens with one attached hydrogen (secondary N) is 3. The van der Waals surface area contributed by atoms with Crippen LogP contribution in [0.25, 0.3) is 22.4 Å². The molecule has 5 aromatic rings. The third-order valence-corrected chi connectivity index (χ3v) is 11.9. The lowest BCUT2D eigenvalue weighted by Crippen LogP contribution is -2.56. The molecule has 58 heavy (non-hydrogen) atoms. The van der Waals surface area contributed by atoms with Gasteiger partial charge in [-0.3, -0.25) is 24.1 Å². The molecule has 2 saturated carbocycles. The fraction of sp³-hybridized carbons (Fsp3) is 0.550. The predicted octanol–water partition coefficient (Wildman–Crippen LogP) is 5.59. The van der Waals surface area contributed by atoms with Crippen LogP contribution in [-0.4, -0.2) is 98.9 Å². The van der Waals surface area contributed by atoms with E-state index in [2.05, 4.69) is 98.2 Å². The van der Waals surface area contributed by atoms with E-state index in [0.29, 0.717) is 60.4 Å². The Balaban J connectivity index is 0.000000182. The van der Waals surface area contributed by atoms with Gasteiger partial charge < -0.3 is 24.5 Å². The third-order valence-electron chi connectivity index (χ3n) is 11.4. The van der Waals surface area contributed by atoms with Gasteiger partial charge in [-0.15, -0.1) is 0 Å². The maximum absolute atomic E-state index is 13.4. The Labute approximate surface area is 352 Å². The Morgan fingerprint density at radius 1 is 0.948 bits per heavy atom. The number of carbonyl (C=O) groups excluding carboxylic acids is 2. The van der Waals surface area contributed by atoms with Crippen molar-refractivity contribution >= 4 is 58.2 Å². The lowest BCUT2D eigenvalue weighted by Gasteiger charge is -2.37. The van der Waals surface area contributed by atoms with Crippen molar-refractivity contribution in [3.8, 4) is 17.3 Å². The van der Waals surface area contributed by atoms with Gasteiger partial charge >= 0.3 is 7.12 Å². The van der Waals surface area contributed by atoms with Crippen molar-refractivity contribution in [3.05, 3.63) is 58.7 Å². The minimum atomic E-state index is -0.716. The Kier molecular flexibility index (Phi) is 11.9. The first-order valence-corrected chi connectivity index (χ1v) is 21.0. The zero-order chi connectivity index (χ0) is 41.4. The number of fused-ring (bicyclic) bond motifs is 1. The zero-order valence-electron chi connectivity index (χ0n) is 34.2. The Morgan fingerprint density at radius 3 is 2.14 bits per heavy atom. The summed E-state index contributed by atoms with van der Waals surface area (Å²) in [7, 11) is -0.285. The van der Waals surface area contributed by atoms with E-state index in [9.17, 15) is 9.59 Å². The Hall–Kier alpha value is -4.61. The van der Waals surface area contributed by atoms with E-state index >= 15 is 0 Å². The number of hydrogen-bond donors (Lipinski definition) is 3. The van der Waals surface area contributed by atoms with E-state index in [1.807, 2.05) is 48.7 Å². The summed E-state index contributed by atoms with van der Waals surface area (Å²) in [5.74, 6) is -0.519. The highest BCUT2D eigenvalue weighted by Gasteiger charge is 2.52. The van der Waals surface area contributed by atoms with Gasteiger partial charge in [0.1, 0.15) is 11.6 Å². The van der Waals surface area contributed by atoms with E-state index in [0.717, 1.165) is 27.4 Å². The molecule has 3 N–H and O–H groups in total. The molecule has 4 fully saturated rings. The highest BCUT2D eigenvalue weighted by Crippen LogP contribution is 2.38. The lowest BCUT2D eigenvalue weighted by molar-refractivity contribution is -0.137. The summed E-state index contributed by atoms with van der Waals surface area (Å²) in [6, 6.07) is 2.64. The van der Waals surface area contributed by atoms with Crippen molar-refractivity contribution in [3.63, 3.8) is 0 Å². The van der Waals surface area contributed by atoms with Gasteiger partial charge in [0.25, 0.3) is 5.91 Å². The number of nitriles is 1. The lowest BCUT2D eigenvalue weighted by atomic mass is 9.82. The monoisotopic (exact) mass is 902 g/mol. The number of aromatic nitrogens is 9. The van der Waals surface area contributed by atoms with Crippen molar-refractivity contribution < 1.29 is 18.9 Å². The van der Waals surface area contributed by atoms with Gasteiger partial charge in [0, 0.05) is 61.0 Å². The molecule has 0 radical (unpaired) electrons. The van der Waals surface area contributed by atoms with Gasteiger partial charge in [-0.25, -0.2) is 9.97 Å². The molecule has 2 aliphatic carbocycles. The molecule has 0 aromatic carbocycles. The van der Waals surface area contributed by atoms with Crippen molar-refractivity contribution in [2.24, 2.45) is 11.3 Å². The number of likely N-dealkylation sites (tertiary alicyclic amines) is 1. The van der Waals surface area contributed by atoms with Crippen LogP contribution in [0, 0.1) is 26.2 Å². The van der Waals surface area contributed by atoms with E-state index in [4.69, 9.17) is 19.6 Å². The smallest absolute Gasteiger partial charge is 0.399 e. The summed E-state index contributed by atoms with van der Waals surface area (Å²) in [4.78, 5) is 40.7. The van der Waals surface area contributed by atoms with Crippen LogP contribution in [0.5, 0.6) is 0 Å². The Morgan fingerprint density at radius 2 is 1.59 bits per heavy atom. The number of H-pyrrole nitrogens is 2. The average molecular weight is 903 g/mol. The number of halogens is 1. The van der Waals surface area contributed by atoms with E-state index in [1.165, 1.54) is 12.8 Å². The van der Waals surface area contributed by atoms with Crippen LogP contribution in [0.3, 0.4) is 0 Å². The van der Waals surface area contributed by atoms with Crippen LogP contribution in [0.1, 0.15) is 109 Å². The molecule has 0 unspecified atom stereocenters. The van der Waals surface area contributed by atoms with Crippen molar-refractivity contribution in [2.75, 3.05) is 13.1 Å². The third kappa shape index (κ3) is 9.47. The molecule has 2 amide bonds. The van der Waals surface area contributed by atoms with E-state index < -0.39 is 11.5 Å². The first-order valence-electron chi connectivity index (χ1n) is 19.9. The van der Waals surface area contributed by atoms with Crippen LogP contribution in [0.4, 0.5) is 0 Å². The second-order valence-electron chi connectivity index (χ2n) is 17.6. The van der Waals surface area contributed by atoms with Gasteiger partial charge in [0.15, 0.2) is 5.65 Å². The van der Waals surface area contributed by atoms with Crippen LogP contribution in [0.15, 0.2) is 49.6 Å². The molecule has 1 atom stereocenters. The summed E-state index contributed by atoms with van der Waals surface area (Å²) >= 11 is 2.18. The largest absolute Gasteiger partial charge is 0.498 e. The average Bonchev–Trinajstić information content (AvgIpc) is 3.91. The van der Waals surface area contributed by atoms with Crippen LogP contribution >= 0.6 is 22.6 Å². The molecule has 0 spiro atoms. The molecule has 2 saturated heterocycles. The first kappa shape index (κ1) is 41.6. The van der Waals surface area contributed by atoms with E-state index in [-0.39, 0.29) is 36.1 Å². The summed E-state index contributed by atoms with van der Waals surface area (Å²) < 4.78 is 17.1.